The van der Waals surface area contributed by atoms with E-state index >= 15 is 0 Å². The van der Waals surface area contributed by atoms with E-state index in [4.69, 9.17) is 11.6 Å². The Bertz CT molecular complexity index is 2110. The van der Waals surface area contributed by atoms with E-state index < -0.39 is 22.2 Å². The first-order chi connectivity index (χ1) is 19.2. The minimum Gasteiger partial charge on any atom is -0.344 e. The predicted octanol–water partition coefficient (Wildman–Crippen LogP) is 2.60. The molecule has 12 heteroatoms. The minimum absolute atomic E-state index is 0.114. The number of fused-ring (bicyclic) bond motifs is 1. The molecule has 1 aliphatic rings. The highest BCUT2D eigenvalue weighted by molar-refractivity contribution is 7.90. The first-order valence-electron chi connectivity index (χ1n) is 12.1. The fourth-order valence-corrected chi connectivity index (χ4v) is 5.51. The van der Waals surface area contributed by atoms with Gasteiger partial charge in [-0.3, -0.25) is 18.9 Å². The second kappa shape index (κ2) is 9.19. The lowest BCUT2D eigenvalue weighted by Crippen LogP contribution is -2.34. The Morgan fingerprint density at radius 3 is 2.60 bits per heavy atom. The number of hydrogen-bond donors (Lipinski definition) is 3. The molecule has 4 N–H and O–H groups in total. The number of carbonyl (C=O) groups is 1. The molecule has 0 saturated heterocycles. The van der Waals surface area contributed by atoms with E-state index in [2.05, 4.69) is 26.0 Å². The second-order valence-electron chi connectivity index (χ2n) is 9.16. The molecule has 5 aromatic rings. The van der Waals surface area contributed by atoms with E-state index in [9.17, 15) is 18.0 Å². The average Bonchev–Trinajstić information content (AvgIpc) is 3.51. The Hall–Kier alpha value is -5.25. The van der Waals surface area contributed by atoms with Crippen molar-refractivity contribution >= 4 is 50.5 Å². The van der Waals surface area contributed by atoms with Crippen molar-refractivity contribution in [3.8, 4) is 18.0 Å². The van der Waals surface area contributed by atoms with Crippen LogP contribution in [0.3, 0.4) is 0 Å². The molecule has 1 unspecified atom stereocenters. The highest BCUT2D eigenvalue weighted by Gasteiger charge is 2.29. The van der Waals surface area contributed by atoms with Crippen LogP contribution in [0.1, 0.15) is 45.7 Å². The molecule has 198 valence electrons. The number of aromatic nitrogens is 4. The van der Waals surface area contributed by atoms with Crippen LogP contribution in [0.25, 0.3) is 34.3 Å². The lowest BCUT2D eigenvalue weighted by Gasteiger charge is -2.23. The van der Waals surface area contributed by atoms with Crippen molar-refractivity contribution in [2.45, 2.75) is 13.0 Å². The van der Waals surface area contributed by atoms with E-state index in [0.29, 0.717) is 27.7 Å². The fraction of sp³-hybridized carbons (Fsp3) is 0.0714. The molecule has 40 heavy (non-hydrogen) atoms. The van der Waals surface area contributed by atoms with Crippen LogP contribution in [0.4, 0.5) is 5.82 Å². The fourth-order valence-electron chi connectivity index (χ4n) is 5.10. The van der Waals surface area contributed by atoms with Crippen molar-refractivity contribution < 1.29 is 13.2 Å². The van der Waals surface area contributed by atoms with Gasteiger partial charge in [0.2, 0.25) is 0 Å². The van der Waals surface area contributed by atoms with Crippen molar-refractivity contribution in [1.82, 2.24) is 24.5 Å². The number of nitrogens with zero attached hydrogens (tertiary/aromatic N) is 4. The Morgan fingerprint density at radius 2 is 1.88 bits per heavy atom. The number of pyridine rings is 1. The third kappa shape index (κ3) is 4.01. The molecule has 1 amide bonds. The van der Waals surface area contributed by atoms with Crippen LogP contribution in [0, 0.1) is 12.3 Å². The molecule has 1 atom stereocenters. The van der Waals surface area contributed by atoms with Crippen molar-refractivity contribution in [2.75, 3.05) is 4.72 Å². The summed E-state index contributed by atoms with van der Waals surface area (Å²) in [5.74, 6) is 1.66. The van der Waals surface area contributed by atoms with Crippen molar-refractivity contribution in [2.24, 2.45) is 5.14 Å². The lowest BCUT2D eigenvalue weighted by atomic mass is 9.97. The molecule has 11 nitrogen and oxygen atoms in total. The van der Waals surface area contributed by atoms with E-state index in [1.807, 2.05) is 36.4 Å². The normalized spacial score (nSPS) is 12.9. The van der Waals surface area contributed by atoms with Crippen LogP contribution < -0.4 is 20.7 Å². The maximum atomic E-state index is 14.1. The van der Waals surface area contributed by atoms with Gasteiger partial charge in [0.1, 0.15) is 5.56 Å². The molecule has 0 radical (unpaired) electrons. The van der Waals surface area contributed by atoms with Gasteiger partial charge in [-0.25, -0.2) is 14.6 Å². The number of hydrogen-bond acceptors (Lipinski definition) is 6. The summed E-state index contributed by atoms with van der Waals surface area (Å²) in [5.41, 5.74) is 2.82. The third-order valence-corrected chi connectivity index (χ3v) is 7.14. The second-order valence-corrected chi connectivity index (χ2v) is 10.5. The number of amides is 1. The van der Waals surface area contributed by atoms with Gasteiger partial charge in [-0.05, 0) is 36.8 Å². The summed E-state index contributed by atoms with van der Waals surface area (Å²) in [6.07, 6.45) is 12.5. The molecule has 2 aromatic carbocycles. The monoisotopic (exact) mass is 551 g/mol. The number of terminal acetylenes is 1. The van der Waals surface area contributed by atoms with E-state index in [-0.39, 0.29) is 22.6 Å². The summed E-state index contributed by atoms with van der Waals surface area (Å²) >= 11 is 0. The van der Waals surface area contributed by atoms with Crippen molar-refractivity contribution in [3.05, 3.63) is 99.2 Å². The number of carbonyl (C=O) groups excluding carboxylic acids is 1. The van der Waals surface area contributed by atoms with Gasteiger partial charge in [-0.2, -0.15) is 8.42 Å². The standard InChI is InChI=1S/C28H21N7O4S/c1-3-17-10-11-18-12-13-20-21(18)22(17)28(37)35(19-8-5-4-6-9-19)24(20)16(2)31-27(36)23-25(33-40(29,38)39)32-34-15-7-14-30-26(23)34/h1,4-16H,2H3,(H,31,36)(H,32,33)(H2,29,38,39). The van der Waals surface area contributed by atoms with Crippen LogP contribution in [-0.2, 0) is 10.2 Å². The van der Waals surface area contributed by atoms with Crippen LogP contribution in [0.2, 0.25) is 0 Å². The Balaban J connectivity index is 1.55. The topological polar surface area (TPSA) is 153 Å². The average molecular weight is 552 g/mol. The smallest absolute Gasteiger partial charge is 0.297 e. The molecule has 0 bridgehead atoms. The molecule has 1 aliphatic carbocycles. The largest absolute Gasteiger partial charge is 0.344 e. The molecular formula is C28H21N7O4S. The minimum atomic E-state index is -4.25. The number of para-hydroxylation sites is 1. The Kier molecular flexibility index (Phi) is 5.76. The highest BCUT2D eigenvalue weighted by Crippen LogP contribution is 2.37. The highest BCUT2D eigenvalue weighted by atomic mass is 32.2. The summed E-state index contributed by atoms with van der Waals surface area (Å²) in [7, 11) is -4.25. The zero-order chi connectivity index (χ0) is 28.2. The third-order valence-electron chi connectivity index (χ3n) is 6.66. The van der Waals surface area contributed by atoms with E-state index in [1.165, 1.54) is 16.9 Å². The van der Waals surface area contributed by atoms with Gasteiger partial charge >= 0.3 is 0 Å². The van der Waals surface area contributed by atoms with Gasteiger partial charge in [0.05, 0.1) is 17.1 Å². The summed E-state index contributed by atoms with van der Waals surface area (Å²) in [4.78, 5) is 32.0. The maximum Gasteiger partial charge on any atom is 0.297 e. The van der Waals surface area contributed by atoms with Crippen molar-refractivity contribution in [1.29, 1.82) is 0 Å². The lowest BCUT2D eigenvalue weighted by molar-refractivity contribution is 0.0941. The predicted molar refractivity (Wildman–Crippen MR) is 152 cm³/mol. The van der Waals surface area contributed by atoms with Gasteiger partial charge in [-0.15, -0.1) is 11.5 Å². The van der Waals surface area contributed by atoms with Crippen LogP contribution in [0.15, 0.2) is 65.7 Å². The molecule has 3 heterocycles. The molecule has 0 fully saturated rings. The molecule has 6 rings (SSSR count). The Morgan fingerprint density at radius 1 is 1.10 bits per heavy atom. The van der Waals surface area contributed by atoms with Gasteiger partial charge < -0.3 is 5.32 Å². The number of nitrogens with one attached hydrogen (secondary N) is 2. The zero-order valence-electron chi connectivity index (χ0n) is 21.0. The van der Waals surface area contributed by atoms with Crippen LogP contribution in [-0.4, -0.2) is 33.5 Å². The molecule has 0 spiro atoms. The van der Waals surface area contributed by atoms with Crippen LogP contribution >= 0.6 is 0 Å². The molecular weight excluding hydrogens is 530 g/mol. The number of benzene rings is 2. The Labute approximate surface area is 228 Å². The molecule has 0 saturated carbocycles. The molecule has 0 aliphatic heterocycles. The SMILES string of the molecule is C#Cc1ccc2c3c(c(C(C)NC(=O)c4c(NS(N)(=O)=O)nn5cccnc45)n(-c4ccccc4)c(=O)c13)C=C2. The first kappa shape index (κ1) is 25.1. The van der Waals surface area contributed by atoms with Gasteiger partial charge in [0.25, 0.3) is 21.7 Å². The number of anilines is 1. The molecule has 3 aromatic heterocycles. The summed E-state index contributed by atoms with van der Waals surface area (Å²) in [5, 5.41) is 13.3. The quantitative estimate of drug-likeness (QED) is 0.271. The summed E-state index contributed by atoms with van der Waals surface area (Å²) in [6, 6.07) is 13.5. The van der Waals surface area contributed by atoms with Gasteiger partial charge in [0.15, 0.2) is 11.5 Å². The van der Waals surface area contributed by atoms with Crippen molar-refractivity contribution in [3.63, 3.8) is 0 Å². The number of nitrogens with two attached hydrogens (primary N) is 1. The summed E-state index contributed by atoms with van der Waals surface area (Å²) < 4.78 is 28.5. The summed E-state index contributed by atoms with van der Waals surface area (Å²) in [6.45, 7) is 1.73. The van der Waals surface area contributed by atoms with Gasteiger partial charge in [0, 0.05) is 34.6 Å². The zero-order valence-corrected chi connectivity index (χ0v) is 21.8. The first-order valence-corrected chi connectivity index (χ1v) is 13.6. The number of rotatable bonds is 6. The van der Waals surface area contributed by atoms with E-state index in [0.717, 1.165) is 11.1 Å². The maximum absolute atomic E-state index is 14.1. The van der Waals surface area contributed by atoms with Gasteiger partial charge in [-0.1, -0.05) is 42.3 Å². The van der Waals surface area contributed by atoms with E-state index in [1.54, 1.807) is 35.8 Å². The van der Waals surface area contributed by atoms with Crippen LogP contribution in [0.5, 0.6) is 0 Å².